The Kier molecular flexibility index (Phi) is 5.06. The van der Waals surface area contributed by atoms with Crippen molar-refractivity contribution in [3.05, 3.63) is 35.4 Å². The van der Waals surface area contributed by atoms with Crippen LogP contribution < -0.4 is 0 Å². The van der Waals surface area contributed by atoms with Crippen LogP contribution in [0.4, 0.5) is 0 Å². The molecule has 2 aliphatic rings. The summed E-state index contributed by atoms with van der Waals surface area (Å²) in [6.07, 6.45) is 1.59. The monoisotopic (exact) mass is 321 g/mol. The topological polar surface area (TPSA) is 38.8 Å². The fourth-order valence-corrected chi connectivity index (χ4v) is 3.80. The zero-order valence-electron chi connectivity index (χ0n) is 13.0. The fraction of sp³-hybridized carbons (Fsp3) is 0.588. The lowest BCUT2D eigenvalue weighted by atomic mass is 10.0. The molecule has 0 aliphatic carbocycles. The minimum atomic E-state index is -0.397. The molecule has 0 N–H and O–H groups in total. The van der Waals surface area contributed by atoms with Crippen LogP contribution in [-0.2, 0) is 20.0 Å². The van der Waals surface area contributed by atoms with Crippen molar-refractivity contribution in [2.45, 2.75) is 31.3 Å². The largest absolute Gasteiger partial charge is 0.347 e. The lowest BCUT2D eigenvalue weighted by molar-refractivity contribution is -0.186. The number of hydrogen-bond acceptors (Lipinski definition) is 4. The van der Waals surface area contributed by atoms with Gasteiger partial charge in [-0.2, -0.15) is 0 Å². The lowest BCUT2D eigenvalue weighted by Gasteiger charge is -2.37. The van der Waals surface area contributed by atoms with Gasteiger partial charge in [0.15, 0.2) is 5.79 Å². The summed E-state index contributed by atoms with van der Waals surface area (Å²) in [5, 5.41) is 0. The number of carbonyl (C=O) groups is 1. The minimum Gasteiger partial charge on any atom is -0.347 e. The molecule has 120 valence electrons. The normalized spacial score (nSPS) is 20.5. The van der Waals surface area contributed by atoms with Gasteiger partial charge in [0.2, 0.25) is 5.91 Å². The minimum absolute atomic E-state index is 0.227. The Balaban J connectivity index is 1.40. The van der Waals surface area contributed by atoms with Gasteiger partial charge in [0, 0.05) is 31.7 Å². The summed E-state index contributed by atoms with van der Waals surface area (Å²) in [6, 6.07) is 8.49. The maximum Gasteiger partial charge on any atom is 0.232 e. The number of piperidine rings is 1. The van der Waals surface area contributed by atoms with E-state index in [9.17, 15) is 4.79 Å². The van der Waals surface area contributed by atoms with Crippen LogP contribution in [0.5, 0.6) is 0 Å². The molecule has 2 fully saturated rings. The summed E-state index contributed by atoms with van der Waals surface area (Å²) < 4.78 is 11.4. The van der Waals surface area contributed by atoms with Gasteiger partial charge in [-0.15, -0.1) is 11.8 Å². The predicted octanol–water partition coefficient (Wildman–Crippen LogP) is 2.59. The van der Waals surface area contributed by atoms with Gasteiger partial charge in [-0.25, -0.2) is 0 Å². The third-order valence-corrected chi connectivity index (χ3v) is 5.29. The van der Waals surface area contributed by atoms with E-state index in [4.69, 9.17) is 9.47 Å². The summed E-state index contributed by atoms with van der Waals surface area (Å²) in [5.74, 6) is 1.26. The van der Waals surface area contributed by atoms with Gasteiger partial charge in [0.05, 0.1) is 19.0 Å². The molecular weight excluding hydrogens is 298 g/mol. The highest BCUT2D eigenvalue weighted by Crippen LogP contribution is 2.31. The average molecular weight is 321 g/mol. The molecule has 4 nitrogen and oxygen atoms in total. The molecule has 0 bridgehead atoms. The van der Waals surface area contributed by atoms with E-state index in [-0.39, 0.29) is 5.91 Å². The van der Waals surface area contributed by atoms with E-state index in [0.717, 1.165) is 31.7 Å². The molecule has 0 unspecified atom stereocenters. The van der Waals surface area contributed by atoms with E-state index in [0.29, 0.717) is 19.0 Å². The highest BCUT2D eigenvalue weighted by Gasteiger charge is 2.40. The molecule has 5 heteroatoms. The summed E-state index contributed by atoms with van der Waals surface area (Å²) in [7, 11) is 0. The van der Waals surface area contributed by atoms with Gasteiger partial charge in [0.25, 0.3) is 0 Å². The van der Waals surface area contributed by atoms with Crippen LogP contribution in [-0.4, -0.2) is 48.7 Å². The first-order chi connectivity index (χ1) is 10.7. The number of hydrogen-bond donors (Lipinski definition) is 0. The van der Waals surface area contributed by atoms with E-state index >= 15 is 0 Å². The van der Waals surface area contributed by atoms with Gasteiger partial charge in [-0.05, 0) is 12.5 Å². The van der Waals surface area contributed by atoms with Crippen molar-refractivity contribution in [1.82, 2.24) is 4.90 Å². The molecule has 0 saturated carbocycles. The Morgan fingerprint density at radius 1 is 1.18 bits per heavy atom. The van der Waals surface area contributed by atoms with Crippen molar-refractivity contribution in [2.24, 2.45) is 0 Å². The second-order valence-corrected chi connectivity index (χ2v) is 6.95. The number of thioether (sulfide) groups is 1. The molecule has 2 saturated heterocycles. The second-order valence-electron chi connectivity index (χ2n) is 5.97. The number of nitrogens with zero attached hydrogens (tertiary/aromatic N) is 1. The Morgan fingerprint density at radius 3 is 2.45 bits per heavy atom. The second kappa shape index (κ2) is 7.02. The van der Waals surface area contributed by atoms with Gasteiger partial charge in [-0.1, -0.05) is 29.8 Å². The maximum atomic E-state index is 12.3. The summed E-state index contributed by atoms with van der Waals surface area (Å²) in [6.45, 7) is 4.93. The quantitative estimate of drug-likeness (QED) is 0.854. The van der Waals surface area contributed by atoms with Gasteiger partial charge >= 0.3 is 0 Å². The molecule has 1 aromatic carbocycles. The number of likely N-dealkylation sites (tertiary alicyclic amines) is 1. The van der Waals surface area contributed by atoms with E-state index < -0.39 is 5.79 Å². The number of benzene rings is 1. The zero-order chi connectivity index (χ0) is 15.4. The summed E-state index contributed by atoms with van der Waals surface area (Å²) in [4.78, 5) is 14.2. The summed E-state index contributed by atoms with van der Waals surface area (Å²) >= 11 is 1.68. The Hall–Kier alpha value is -1.04. The van der Waals surface area contributed by atoms with Crippen LogP contribution >= 0.6 is 11.8 Å². The van der Waals surface area contributed by atoms with E-state index in [1.54, 1.807) is 11.8 Å². The van der Waals surface area contributed by atoms with Crippen LogP contribution in [0, 0.1) is 6.92 Å². The molecule has 22 heavy (non-hydrogen) atoms. The number of ether oxygens (including phenoxy) is 2. The van der Waals surface area contributed by atoms with Crippen molar-refractivity contribution < 1.29 is 14.3 Å². The summed E-state index contributed by atoms with van der Waals surface area (Å²) in [5.41, 5.74) is 2.54. The first-order valence-corrected chi connectivity index (χ1v) is 9.01. The van der Waals surface area contributed by atoms with Crippen LogP contribution in [0.3, 0.4) is 0 Å². The van der Waals surface area contributed by atoms with Crippen molar-refractivity contribution in [3.63, 3.8) is 0 Å². The number of rotatable bonds is 4. The molecule has 3 rings (SSSR count). The smallest absolute Gasteiger partial charge is 0.232 e. The number of amides is 1. The molecular formula is C17H23NO3S. The van der Waals surface area contributed by atoms with Gasteiger partial charge < -0.3 is 14.4 Å². The molecule has 0 radical (unpaired) electrons. The lowest BCUT2D eigenvalue weighted by Crippen LogP contribution is -2.47. The standard InChI is InChI=1S/C17H23NO3S/c1-14-2-4-15(5-3-14)12-22-13-16(19)18-8-6-17(7-9-18)20-10-11-21-17/h2-5H,6-13H2,1H3. The Labute approximate surface area is 136 Å². The molecule has 2 aliphatic heterocycles. The molecule has 0 aromatic heterocycles. The van der Waals surface area contributed by atoms with Crippen molar-refractivity contribution in [3.8, 4) is 0 Å². The molecule has 1 spiro atoms. The van der Waals surface area contributed by atoms with Crippen molar-refractivity contribution in [1.29, 1.82) is 0 Å². The molecule has 2 heterocycles. The SMILES string of the molecule is Cc1ccc(CSCC(=O)N2CCC3(CC2)OCCO3)cc1. The third-order valence-electron chi connectivity index (χ3n) is 4.31. The van der Waals surface area contributed by atoms with Crippen molar-refractivity contribution in [2.75, 3.05) is 32.1 Å². The van der Waals surface area contributed by atoms with Crippen molar-refractivity contribution >= 4 is 17.7 Å². The highest BCUT2D eigenvalue weighted by atomic mass is 32.2. The zero-order valence-corrected chi connectivity index (χ0v) is 13.9. The Bertz CT molecular complexity index is 501. The number of aryl methyl sites for hydroxylation is 1. The van der Waals surface area contributed by atoms with Gasteiger partial charge in [-0.3, -0.25) is 4.79 Å². The first-order valence-electron chi connectivity index (χ1n) is 7.86. The molecule has 0 atom stereocenters. The predicted molar refractivity (Wildman–Crippen MR) is 87.8 cm³/mol. The van der Waals surface area contributed by atoms with Crippen LogP contribution in [0.1, 0.15) is 24.0 Å². The Morgan fingerprint density at radius 2 is 1.82 bits per heavy atom. The van der Waals surface area contributed by atoms with Crippen LogP contribution in [0.2, 0.25) is 0 Å². The van der Waals surface area contributed by atoms with E-state index in [1.807, 2.05) is 4.90 Å². The maximum absolute atomic E-state index is 12.3. The van der Waals surface area contributed by atoms with Crippen LogP contribution in [0.15, 0.2) is 24.3 Å². The van der Waals surface area contributed by atoms with E-state index in [2.05, 4.69) is 31.2 Å². The molecule has 1 amide bonds. The third kappa shape index (κ3) is 3.83. The number of carbonyl (C=O) groups excluding carboxylic acids is 1. The average Bonchev–Trinajstić information content (AvgIpc) is 2.98. The van der Waals surface area contributed by atoms with E-state index in [1.165, 1.54) is 11.1 Å². The molecule has 1 aromatic rings. The highest BCUT2D eigenvalue weighted by molar-refractivity contribution is 7.99. The first kappa shape index (κ1) is 15.8. The van der Waals surface area contributed by atoms with Crippen LogP contribution in [0.25, 0.3) is 0 Å². The fourth-order valence-electron chi connectivity index (χ4n) is 2.91. The van der Waals surface area contributed by atoms with Gasteiger partial charge in [0.1, 0.15) is 0 Å².